The monoisotopic (exact) mass is 199 g/mol. The van der Waals surface area contributed by atoms with E-state index in [1.807, 2.05) is 12.1 Å². The normalized spacial score (nSPS) is 10.2. The maximum absolute atomic E-state index is 6.01. The van der Waals surface area contributed by atoms with E-state index >= 15 is 0 Å². The first-order valence-electron chi connectivity index (χ1n) is 4.23. The molecule has 0 aromatic heterocycles. The number of nitrogens with one attached hydrogen (secondary N) is 1. The van der Waals surface area contributed by atoms with Crippen molar-refractivity contribution in [2.24, 2.45) is 0 Å². The van der Waals surface area contributed by atoms with Crippen LogP contribution in [0.4, 0.5) is 5.69 Å². The van der Waals surface area contributed by atoms with Gasteiger partial charge in [0.1, 0.15) is 5.75 Å². The molecule has 0 radical (unpaired) electrons. The number of benzene rings is 1. The molecule has 0 amide bonds. The fourth-order valence-corrected chi connectivity index (χ4v) is 1.28. The SMILES string of the molecule is COc1ccc(NC(C)C)c(Cl)c1. The molecule has 72 valence electrons. The van der Waals surface area contributed by atoms with Crippen LogP contribution in [0.2, 0.25) is 5.02 Å². The summed E-state index contributed by atoms with van der Waals surface area (Å²) >= 11 is 6.01. The summed E-state index contributed by atoms with van der Waals surface area (Å²) in [6.45, 7) is 4.14. The summed E-state index contributed by atoms with van der Waals surface area (Å²) < 4.78 is 5.04. The highest BCUT2D eigenvalue weighted by Crippen LogP contribution is 2.26. The molecule has 2 nitrogen and oxygen atoms in total. The molecule has 0 bridgehead atoms. The van der Waals surface area contributed by atoms with Crippen molar-refractivity contribution >= 4 is 17.3 Å². The zero-order valence-electron chi connectivity index (χ0n) is 8.10. The predicted octanol–water partition coefficient (Wildman–Crippen LogP) is 3.17. The summed E-state index contributed by atoms with van der Waals surface area (Å²) in [5, 5.41) is 3.92. The maximum atomic E-state index is 6.01. The van der Waals surface area contributed by atoms with E-state index in [0.717, 1.165) is 11.4 Å². The van der Waals surface area contributed by atoms with E-state index in [9.17, 15) is 0 Å². The highest BCUT2D eigenvalue weighted by Gasteiger charge is 2.02. The molecule has 0 heterocycles. The van der Waals surface area contributed by atoms with Gasteiger partial charge < -0.3 is 10.1 Å². The highest BCUT2D eigenvalue weighted by atomic mass is 35.5. The zero-order chi connectivity index (χ0) is 9.84. The van der Waals surface area contributed by atoms with Crippen LogP contribution >= 0.6 is 11.6 Å². The molecular weight excluding hydrogens is 186 g/mol. The second-order valence-corrected chi connectivity index (χ2v) is 3.55. The molecule has 0 aliphatic carbocycles. The average Bonchev–Trinajstić information content (AvgIpc) is 2.08. The van der Waals surface area contributed by atoms with Crippen LogP contribution in [0.15, 0.2) is 18.2 Å². The van der Waals surface area contributed by atoms with Crippen molar-refractivity contribution in [2.75, 3.05) is 12.4 Å². The Morgan fingerprint density at radius 2 is 2.08 bits per heavy atom. The van der Waals surface area contributed by atoms with Crippen LogP contribution in [0.25, 0.3) is 0 Å². The van der Waals surface area contributed by atoms with Crippen LogP contribution in [0.1, 0.15) is 13.8 Å². The zero-order valence-corrected chi connectivity index (χ0v) is 8.85. The molecule has 1 aromatic carbocycles. The number of hydrogen-bond donors (Lipinski definition) is 1. The standard InChI is InChI=1S/C10H14ClNO/c1-7(2)12-10-5-4-8(13-3)6-9(10)11/h4-7,12H,1-3H3. The fourth-order valence-electron chi connectivity index (χ4n) is 1.05. The Morgan fingerprint density at radius 1 is 1.38 bits per heavy atom. The average molecular weight is 200 g/mol. The molecule has 0 aliphatic rings. The number of ether oxygens (including phenoxy) is 1. The Hall–Kier alpha value is -0.890. The third kappa shape index (κ3) is 2.81. The van der Waals surface area contributed by atoms with Gasteiger partial charge in [0.05, 0.1) is 17.8 Å². The van der Waals surface area contributed by atoms with Crippen LogP contribution in [0.3, 0.4) is 0 Å². The molecule has 0 fully saturated rings. The quantitative estimate of drug-likeness (QED) is 0.808. The number of halogens is 1. The minimum Gasteiger partial charge on any atom is -0.497 e. The van der Waals surface area contributed by atoms with Gasteiger partial charge in [0, 0.05) is 12.1 Å². The second-order valence-electron chi connectivity index (χ2n) is 3.14. The lowest BCUT2D eigenvalue weighted by molar-refractivity contribution is 0.415. The number of hydrogen-bond acceptors (Lipinski definition) is 2. The first-order chi connectivity index (χ1) is 6.13. The van der Waals surface area contributed by atoms with Crippen molar-refractivity contribution in [3.05, 3.63) is 23.2 Å². The van der Waals surface area contributed by atoms with Crippen molar-refractivity contribution in [1.82, 2.24) is 0 Å². The van der Waals surface area contributed by atoms with Gasteiger partial charge in [-0.25, -0.2) is 0 Å². The fraction of sp³-hybridized carbons (Fsp3) is 0.400. The van der Waals surface area contributed by atoms with Gasteiger partial charge in [0.15, 0.2) is 0 Å². The van der Waals surface area contributed by atoms with Gasteiger partial charge in [0.2, 0.25) is 0 Å². The van der Waals surface area contributed by atoms with E-state index in [0.29, 0.717) is 11.1 Å². The highest BCUT2D eigenvalue weighted by molar-refractivity contribution is 6.33. The topological polar surface area (TPSA) is 21.3 Å². The molecule has 0 saturated heterocycles. The van der Waals surface area contributed by atoms with Gasteiger partial charge in [-0.3, -0.25) is 0 Å². The molecule has 1 N–H and O–H groups in total. The predicted molar refractivity (Wildman–Crippen MR) is 56.8 cm³/mol. The molecule has 13 heavy (non-hydrogen) atoms. The molecule has 0 saturated carbocycles. The maximum Gasteiger partial charge on any atom is 0.120 e. The Morgan fingerprint density at radius 3 is 2.54 bits per heavy atom. The van der Waals surface area contributed by atoms with Gasteiger partial charge in [-0.2, -0.15) is 0 Å². The summed E-state index contributed by atoms with van der Waals surface area (Å²) in [4.78, 5) is 0. The number of rotatable bonds is 3. The minimum atomic E-state index is 0.380. The van der Waals surface area contributed by atoms with Crippen molar-refractivity contribution in [2.45, 2.75) is 19.9 Å². The molecule has 0 unspecified atom stereocenters. The van der Waals surface area contributed by atoms with E-state index in [1.54, 1.807) is 13.2 Å². The Labute approximate surface area is 83.9 Å². The lowest BCUT2D eigenvalue weighted by atomic mass is 10.2. The summed E-state index contributed by atoms with van der Waals surface area (Å²) in [7, 11) is 1.63. The van der Waals surface area contributed by atoms with Crippen LogP contribution in [0, 0.1) is 0 Å². The molecule has 0 aliphatic heterocycles. The van der Waals surface area contributed by atoms with Crippen molar-refractivity contribution in [1.29, 1.82) is 0 Å². The van der Waals surface area contributed by atoms with Gasteiger partial charge >= 0.3 is 0 Å². The lowest BCUT2D eigenvalue weighted by Crippen LogP contribution is -2.09. The molecule has 3 heteroatoms. The summed E-state index contributed by atoms with van der Waals surface area (Å²) in [6.07, 6.45) is 0. The summed E-state index contributed by atoms with van der Waals surface area (Å²) in [5.74, 6) is 0.777. The van der Waals surface area contributed by atoms with Crippen molar-refractivity contribution in [3.8, 4) is 5.75 Å². The Kier molecular flexibility index (Phi) is 3.43. The van der Waals surface area contributed by atoms with Crippen LogP contribution in [-0.2, 0) is 0 Å². The van der Waals surface area contributed by atoms with Crippen LogP contribution in [0.5, 0.6) is 5.75 Å². The summed E-state index contributed by atoms with van der Waals surface area (Å²) in [6, 6.07) is 5.98. The van der Waals surface area contributed by atoms with E-state index in [2.05, 4.69) is 19.2 Å². The molecular formula is C10H14ClNO. The van der Waals surface area contributed by atoms with Gasteiger partial charge in [-0.1, -0.05) is 11.6 Å². The summed E-state index contributed by atoms with van der Waals surface area (Å²) in [5.41, 5.74) is 0.942. The van der Waals surface area contributed by atoms with E-state index in [-0.39, 0.29) is 0 Å². The largest absolute Gasteiger partial charge is 0.497 e. The lowest BCUT2D eigenvalue weighted by Gasteiger charge is -2.12. The Balaban J connectivity index is 2.85. The third-order valence-electron chi connectivity index (χ3n) is 1.62. The van der Waals surface area contributed by atoms with Crippen molar-refractivity contribution in [3.63, 3.8) is 0 Å². The molecule has 0 atom stereocenters. The minimum absolute atomic E-state index is 0.380. The van der Waals surface area contributed by atoms with E-state index < -0.39 is 0 Å². The first-order valence-corrected chi connectivity index (χ1v) is 4.61. The van der Waals surface area contributed by atoms with Crippen LogP contribution < -0.4 is 10.1 Å². The van der Waals surface area contributed by atoms with E-state index in [4.69, 9.17) is 16.3 Å². The van der Waals surface area contributed by atoms with Crippen LogP contribution in [-0.4, -0.2) is 13.2 Å². The number of methoxy groups -OCH3 is 1. The molecule has 1 rings (SSSR count). The van der Waals surface area contributed by atoms with E-state index in [1.165, 1.54) is 0 Å². The molecule has 0 spiro atoms. The van der Waals surface area contributed by atoms with Gasteiger partial charge in [-0.05, 0) is 26.0 Å². The van der Waals surface area contributed by atoms with Crippen molar-refractivity contribution < 1.29 is 4.74 Å². The first kappa shape index (κ1) is 10.2. The second kappa shape index (κ2) is 4.38. The molecule has 1 aromatic rings. The third-order valence-corrected chi connectivity index (χ3v) is 1.93. The van der Waals surface area contributed by atoms with Gasteiger partial charge in [-0.15, -0.1) is 0 Å². The smallest absolute Gasteiger partial charge is 0.120 e. The number of anilines is 1. The Bertz CT molecular complexity index is 286. The van der Waals surface area contributed by atoms with Gasteiger partial charge in [0.25, 0.3) is 0 Å².